The van der Waals surface area contributed by atoms with E-state index in [0.29, 0.717) is 25.9 Å². The molecule has 0 atom stereocenters. The van der Waals surface area contributed by atoms with Crippen LogP contribution in [0.5, 0.6) is 5.75 Å². The van der Waals surface area contributed by atoms with E-state index >= 15 is 0 Å². The number of carbonyl (C=O) groups is 1. The number of hydrogen-bond acceptors (Lipinski definition) is 3. The molecule has 94 valence electrons. The van der Waals surface area contributed by atoms with Gasteiger partial charge >= 0.3 is 0 Å². The molecule has 0 fully saturated rings. The van der Waals surface area contributed by atoms with Gasteiger partial charge in [-0.05, 0) is 25.0 Å². The molecule has 1 aromatic carbocycles. The van der Waals surface area contributed by atoms with Crippen LogP contribution in [-0.2, 0) is 4.79 Å². The van der Waals surface area contributed by atoms with Crippen LogP contribution in [-0.4, -0.2) is 12.5 Å². The van der Waals surface area contributed by atoms with E-state index in [2.05, 4.69) is 0 Å². The molecule has 17 heavy (non-hydrogen) atoms. The first kappa shape index (κ1) is 13.4. The van der Waals surface area contributed by atoms with Crippen molar-refractivity contribution in [3.05, 3.63) is 29.8 Å². The molecule has 6 heteroatoms. The number of unbranched alkanes of at least 4 members (excludes halogenated alkanes) is 1. The van der Waals surface area contributed by atoms with Gasteiger partial charge in [0.1, 0.15) is 5.75 Å². The highest BCUT2D eigenvalue weighted by atomic mass is 19.2. The van der Waals surface area contributed by atoms with E-state index in [1.807, 2.05) is 5.43 Å². The van der Waals surface area contributed by atoms with Crippen molar-refractivity contribution in [1.82, 2.24) is 5.43 Å². The van der Waals surface area contributed by atoms with E-state index in [-0.39, 0.29) is 11.7 Å². The summed E-state index contributed by atoms with van der Waals surface area (Å²) in [6.45, 7) is 0.336. The topological polar surface area (TPSA) is 64.3 Å². The van der Waals surface area contributed by atoms with E-state index in [0.717, 1.165) is 12.1 Å². The van der Waals surface area contributed by atoms with Crippen molar-refractivity contribution in [2.45, 2.75) is 19.3 Å². The van der Waals surface area contributed by atoms with Crippen LogP contribution in [0.25, 0.3) is 0 Å². The molecule has 1 rings (SSSR count). The summed E-state index contributed by atoms with van der Waals surface area (Å²) in [6.07, 6.45) is 1.57. The highest BCUT2D eigenvalue weighted by Crippen LogP contribution is 2.15. The smallest absolute Gasteiger partial charge is 0.233 e. The van der Waals surface area contributed by atoms with Gasteiger partial charge in [0, 0.05) is 12.5 Å². The lowest BCUT2D eigenvalue weighted by atomic mass is 10.2. The number of hydrazine groups is 1. The maximum Gasteiger partial charge on any atom is 0.233 e. The molecule has 0 saturated carbocycles. The van der Waals surface area contributed by atoms with E-state index in [9.17, 15) is 13.6 Å². The van der Waals surface area contributed by atoms with Gasteiger partial charge in [-0.25, -0.2) is 14.6 Å². The van der Waals surface area contributed by atoms with Gasteiger partial charge in [-0.3, -0.25) is 10.2 Å². The van der Waals surface area contributed by atoms with Crippen LogP contribution in [0, 0.1) is 11.6 Å². The normalized spacial score (nSPS) is 10.1. The van der Waals surface area contributed by atoms with Crippen molar-refractivity contribution < 1.29 is 18.3 Å². The average Bonchev–Trinajstić information content (AvgIpc) is 2.33. The maximum atomic E-state index is 12.8. The molecule has 0 unspecified atom stereocenters. The molecule has 0 aliphatic heterocycles. The van der Waals surface area contributed by atoms with E-state index in [1.165, 1.54) is 6.07 Å². The van der Waals surface area contributed by atoms with Crippen LogP contribution in [0.3, 0.4) is 0 Å². The fraction of sp³-hybridized carbons (Fsp3) is 0.364. The fourth-order valence-corrected chi connectivity index (χ4v) is 1.22. The summed E-state index contributed by atoms with van der Waals surface area (Å²) < 4.78 is 30.6. The first-order valence-electron chi connectivity index (χ1n) is 5.21. The number of nitrogens with two attached hydrogens (primary N) is 1. The summed E-state index contributed by atoms with van der Waals surface area (Å²) in [5.41, 5.74) is 2.02. The van der Waals surface area contributed by atoms with Crippen molar-refractivity contribution in [2.24, 2.45) is 5.84 Å². The Kier molecular flexibility index (Phi) is 5.35. The third-order valence-electron chi connectivity index (χ3n) is 2.12. The van der Waals surface area contributed by atoms with Gasteiger partial charge in [-0.15, -0.1) is 0 Å². The van der Waals surface area contributed by atoms with Crippen molar-refractivity contribution in [3.63, 3.8) is 0 Å². The second-order valence-corrected chi connectivity index (χ2v) is 3.45. The van der Waals surface area contributed by atoms with Crippen molar-refractivity contribution in [2.75, 3.05) is 6.61 Å². The molecular formula is C11H14F2N2O2. The minimum absolute atomic E-state index is 0.238. The van der Waals surface area contributed by atoms with Crippen LogP contribution < -0.4 is 16.0 Å². The van der Waals surface area contributed by atoms with Crippen molar-refractivity contribution in [1.29, 1.82) is 0 Å². The predicted molar refractivity (Wildman–Crippen MR) is 58.0 cm³/mol. The number of benzene rings is 1. The molecule has 0 heterocycles. The molecule has 0 radical (unpaired) electrons. The van der Waals surface area contributed by atoms with Crippen LogP contribution in [0.2, 0.25) is 0 Å². The maximum absolute atomic E-state index is 12.8. The SMILES string of the molecule is NNC(=O)CCCCOc1ccc(F)c(F)c1. The first-order valence-corrected chi connectivity index (χ1v) is 5.21. The van der Waals surface area contributed by atoms with Crippen molar-refractivity contribution in [3.8, 4) is 5.75 Å². The Balaban J connectivity index is 2.22. The van der Waals surface area contributed by atoms with E-state index in [4.69, 9.17) is 10.6 Å². The average molecular weight is 244 g/mol. The van der Waals surface area contributed by atoms with Crippen LogP contribution in [0.1, 0.15) is 19.3 Å². The number of carbonyl (C=O) groups excluding carboxylic acids is 1. The molecule has 0 aliphatic rings. The minimum atomic E-state index is -0.940. The van der Waals surface area contributed by atoms with Crippen molar-refractivity contribution >= 4 is 5.91 Å². The Morgan fingerprint density at radius 1 is 1.29 bits per heavy atom. The zero-order valence-corrected chi connectivity index (χ0v) is 9.21. The van der Waals surface area contributed by atoms with Gasteiger partial charge in [0.05, 0.1) is 6.61 Å². The molecule has 0 spiro atoms. The van der Waals surface area contributed by atoms with E-state index < -0.39 is 11.6 Å². The Bertz CT molecular complexity index is 386. The third-order valence-corrected chi connectivity index (χ3v) is 2.12. The largest absolute Gasteiger partial charge is 0.493 e. The molecule has 0 bridgehead atoms. The summed E-state index contributed by atoms with van der Waals surface area (Å²) in [6, 6.07) is 3.35. The second-order valence-electron chi connectivity index (χ2n) is 3.45. The highest BCUT2D eigenvalue weighted by molar-refractivity contribution is 5.75. The number of amides is 1. The number of ether oxygens (including phenoxy) is 1. The summed E-state index contributed by atoms with van der Waals surface area (Å²) in [5.74, 6) is 3.09. The predicted octanol–water partition coefficient (Wildman–Crippen LogP) is 1.50. The van der Waals surface area contributed by atoms with Crippen LogP contribution in [0.15, 0.2) is 18.2 Å². The monoisotopic (exact) mass is 244 g/mol. The van der Waals surface area contributed by atoms with Crippen LogP contribution >= 0.6 is 0 Å². The molecule has 0 saturated heterocycles. The van der Waals surface area contributed by atoms with E-state index in [1.54, 1.807) is 0 Å². The lowest BCUT2D eigenvalue weighted by molar-refractivity contribution is -0.121. The fourth-order valence-electron chi connectivity index (χ4n) is 1.22. The Hall–Kier alpha value is -1.69. The Labute approximate surface area is 97.7 Å². The lowest BCUT2D eigenvalue weighted by Crippen LogP contribution is -2.29. The van der Waals surface area contributed by atoms with Gasteiger partial charge < -0.3 is 4.74 Å². The van der Waals surface area contributed by atoms with Crippen LogP contribution in [0.4, 0.5) is 8.78 Å². The summed E-state index contributed by atoms with van der Waals surface area (Å²) in [7, 11) is 0. The number of hydrogen-bond donors (Lipinski definition) is 2. The first-order chi connectivity index (χ1) is 8.13. The summed E-state index contributed by atoms with van der Waals surface area (Å²) in [5, 5.41) is 0. The summed E-state index contributed by atoms with van der Waals surface area (Å²) in [4.78, 5) is 10.8. The van der Waals surface area contributed by atoms with Gasteiger partial charge in [-0.1, -0.05) is 0 Å². The number of rotatable bonds is 6. The molecule has 1 amide bonds. The Morgan fingerprint density at radius 3 is 2.71 bits per heavy atom. The van der Waals surface area contributed by atoms with Gasteiger partial charge in [0.15, 0.2) is 11.6 Å². The molecular weight excluding hydrogens is 230 g/mol. The standard InChI is InChI=1S/C11H14F2N2O2/c12-9-5-4-8(7-10(9)13)17-6-2-1-3-11(16)15-14/h4-5,7H,1-3,6,14H2,(H,15,16). The lowest BCUT2D eigenvalue weighted by Gasteiger charge is -2.06. The molecule has 3 N–H and O–H groups in total. The number of nitrogens with one attached hydrogen (secondary N) is 1. The van der Waals surface area contributed by atoms with Gasteiger partial charge in [0.2, 0.25) is 5.91 Å². The zero-order chi connectivity index (χ0) is 12.7. The quantitative estimate of drug-likeness (QED) is 0.345. The second kappa shape index (κ2) is 6.80. The third kappa shape index (κ3) is 4.78. The van der Waals surface area contributed by atoms with Gasteiger partial charge in [-0.2, -0.15) is 0 Å². The molecule has 1 aromatic rings. The number of halogens is 2. The Morgan fingerprint density at radius 2 is 2.06 bits per heavy atom. The summed E-state index contributed by atoms with van der Waals surface area (Å²) >= 11 is 0. The minimum Gasteiger partial charge on any atom is -0.493 e. The van der Waals surface area contributed by atoms with Gasteiger partial charge in [0.25, 0.3) is 0 Å². The molecule has 0 aliphatic carbocycles. The zero-order valence-electron chi connectivity index (χ0n) is 9.21. The molecule has 4 nitrogen and oxygen atoms in total. The highest BCUT2D eigenvalue weighted by Gasteiger charge is 2.03. The molecule has 0 aromatic heterocycles.